The standard InChI is InChI=1S/C13H15FN2/c1-2-16(12-5-6-12)9-11-4-3-10(8-15)7-13(11)14/h3-4,7,12H,2,5-6,9H2,1H3. The van der Waals surface area contributed by atoms with Crippen LogP contribution in [0.25, 0.3) is 0 Å². The number of nitriles is 1. The molecule has 1 aromatic rings. The summed E-state index contributed by atoms with van der Waals surface area (Å²) >= 11 is 0. The molecule has 1 fully saturated rings. The van der Waals surface area contributed by atoms with Crippen LogP contribution in [0.3, 0.4) is 0 Å². The maximum atomic E-state index is 13.6. The van der Waals surface area contributed by atoms with E-state index in [4.69, 9.17) is 5.26 Å². The van der Waals surface area contributed by atoms with Crippen LogP contribution in [0.5, 0.6) is 0 Å². The lowest BCUT2D eigenvalue weighted by molar-refractivity contribution is 0.265. The highest BCUT2D eigenvalue weighted by atomic mass is 19.1. The van der Waals surface area contributed by atoms with Crippen LogP contribution in [0.1, 0.15) is 30.9 Å². The lowest BCUT2D eigenvalue weighted by Crippen LogP contribution is -2.25. The Bertz CT molecular complexity index is 418. The van der Waals surface area contributed by atoms with Crippen molar-refractivity contribution in [2.75, 3.05) is 6.54 Å². The van der Waals surface area contributed by atoms with Crippen LogP contribution in [0, 0.1) is 17.1 Å². The molecule has 0 amide bonds. The quantitative estimate of drug-likeness (QED) is 0.777. The zero-order valence-electron chi connectivity index (χ0n) is 9.41. The largest absolute Gasteiger partial charge is 0.296 e. The van der Waals surface area contributed by atoms with Gasteiger partial charge in [0.1, 0.15) is 5.82 Å². The summed E-state index contributed by atoms with van der Waals surface area (Å²) in [4.78, 5) is 2.28. The summed E-state index contributed by atoms with van der Waals surface area (Å²) in [7, 11) is 0. The maximum absolute atomic E-state index is 13.6. The predicted octanol–water partition coefficient (Wildman–Crippen LogP) is 2.68. The van der Waals surface area contributed by atoms with Crippen molar-refractivity contribution < 1.29 is 4.39 Å². The number of hydrogen-bond acceptors (Lipinski definition) is 2. The molecule has 0 aromatic heterocycles. The average Bonchev–Trinajstić information content (AvgIpc) is 3.11. The SMILES string of the molecule is CCN(Cc1ccc(C#N)cc1F)C1CC1. The molecule has 84 valence electrons. The molecule has 1 aromatic carbocycles. The second-order valence-electron chi connectivity index (χ2n) is 4.21. The van der Waals surface area contributed by atoms with E-state index in [0.717, 1.165) is 6.54 Å². The highest BCUT2D eigenvalue weighted by molar-refractivity contribution is 5.32. The van der Waals surface area contributed by atoms with Crippen LogP contribution in [0.2, 0.25) is 0 Å². The van der Waals surface area contributed by atoms with Gasteiger partial charge in [0.15, 0.2) is 0 Å². The zero-order valence-corrected chi connectivity index (χ0v) is 9.41. The lowest BCUT2D eigenvalue weighted by Gasteiger charge is -2.20. The van der Waals surface area contributed by atoms with Gasteiger partial charge >= 0.3 is 0 Å². The van der Waals surface area contributed by atoms with Crippen LogP contribution in [-0.2, 0) is 6.54 Å². The first-order valence-electron chi connectivity index (χ1n) is 5.67. The molecule has 3 heteroatoms. The Morgan fingerprint density at radius 1 is 1.50 bits per heavy atom. The summed E-state index contributed by atoms with van der Waals surface area (Å²) in [5.41, 5.74) is 1.07. The molecule has 1 saturated carbocycles. The number of halogens is 1. The Balaban J connectivity index is 2.11. The molecule has 1 aliphatic carbocycles. The van der Waals surface area contributed by atoms with Gasteiger partial charge in [-0.2, -0.15) is 5.26 Å². The van der Waals surface area contributed by atoms with E-state index in [-0.39, 0.29) is 5.82 Å². The van der Waals surface area contributed by atoms with Gasteiger partial charge in [0.2, 0.25) is 0 Å². The van der Waals surface area contributed by atoms with Crippen molar-refractivity contribution in [3.05, 3.63) is 35.1 Å². The van der Waals surface area contributed by atoms with Crippen LogP contribution in [-0.4, -0.2) is 17.5 Å². The third-order valence-electron chi connectivity index (χ3n) is 3.03. The molecule has 2 rings (SSSR count). The van der Waals surface area contributed by atoms with Crippen molar-refractivity contribution in [3.63, 3.8) is 0 Å². The lowest BCUT2D eigenvalue weighted by atomic mass is 10.1. The fourth-order valence-corrected chi connectivity index (χ4v) is 1.90. The minimum Gasteiger partial charge on any atom is -0.296 e. The second-order valence-corrected chi connectivity index (χ2v) is 4.21. The van der Waals surface area contributed by atoms with Gasteiger partial charge in [-0.3, -0.25) is 4.90 Å². The van der Waals surface area contributed by atoms with Crippen LogP contribution in [0.4, 0.5) is 4.39 Å². The van der Waals surface area contributed by atoms with E-state index < -0.39 is 0 Å². The molecule has 0 heterocycles. The molecule has 0 atom stereocenters. The highest BCUT2D eigenvalue weighted by Crippen LogP contribution is 2.28. The van der Waals surface area contributed by atoms with Crippen molar-refractivity contribution in [3.8, 4) is 6.07 Å². The Kier molecular flexibility index (Phi) is 3.21. The third-order valence-corrected chi connectivity index (χ3v) is 3.03. The monoisotopic (exact) mass is 218 g/mol. The molecule has 16 heavy (non-hydrogen) atoms. The van der Waals surface area contributed by atoms with Gasteiger partial charge in [-0.1, -0.05) is 13.0 Å². The van der Waals surface area contributed by atoms with Crippen molar-refractivity contribution in [1.29, 1.82) is 5.26 Å². The van der Waals surface area contributed by atoms with Gasteiger partial charge in [0.25, 0.3) is 0 Å². The molecule has 0 radical (unpaired) electrons. The van der Waals surface area contributed by atoms with E-state index in [1.54, 1.807) is 12.1 Å². The van der Waals surface area contributed by atoms with E-state index in [2.05, 4.69) is 11.8 Å². The molecule has 1 aliphatic rings. The number of benzene rings is 1. The number of rotatable bonds is 4. The van der Waals surface area contributed by atoms with Crippen molar-refractivity contribution in [2.45, 2.75) is 32.4 Å². The number of hydrogen-bond donors (Lipinski definition) is 0. The van der Waals surface area contributed by atoms with E-state index >= 15 is 0 Å². The average molecular weight is 218 g/mol. The summed E-state index contributed by atoms with van der Waals surface area (Å²) < 4.78 is 13.6. The Hall–Kier alpha value is -1.40. The second kappa shape index (κ2) is 4.63. The molecule has 0 unspecified atom stereocenters. The molecular weight excluding hydrogens is 203 g/mol. The minimum absolute atomic E-state index is 0.266. The molecule has 2 nitrogen and oxygen atoms in total. The van der Waals surface area contributed by atoms with E-state index in [0.29, 0.717) is 23.7 Å². The van der Waals surface area contributed by atoms with E-state index in [1.807, 2.05) is 6.07 Å². The Labute approximate surface area is 95.3 Å². The van der Waals surface area contributed by atoms with Gasteiger partial charge in [-0.05, 0) is 31.5 Å². The van der Waals surface area contributed by atoms with Crippen LogP contribution >= 0.6 is 0 Å². The maximum Gasteiger partial charge on any atom is 0.129 e. The van der Waals surface area contributed by atoms with Gasteiger partial charge in [0, 0.05) is 18.2 Å². The van der Waals surface area contributed by atoms with Crippen molar-refractivity contribution in [1.82, 2.24) is 4.90 Å². The zero-order chi connectivity index (χ0) is 11.5. The summed E-state index contributed by atoms with van der Waals surface area (Å²) in [6, 6.07) is 7.30. The molecule has 0 N–H and O–H groups in total. The van der Waals surface area contributed by atoms with Crippen LogP contribution < -0.4 is 0 Å². The van der Waals surface area contributed by atoms with E-state index in [9.17, 15) is 4.39 Å². The van der Waals surface area contributed by atoms with Crippen molar-refractivity contribution in [2.24, 2.45) is 0 Å². The smallest absolute Gasteiger partial charge is 0.129 e. The molecule has 0 aliphatic heterocycles. The normalized spacial score (nSPS) is 15.1. The molecular formula is C13H15FN2. The molecule has 0 saturated heterocycles. The predicted molar refractivity (Wildman–Crippen MR) is 60.2 cm³/mol. The topological polar surface area (TPSA) is 27.0 Å². The van der Waals surface area contributed by atoms with Crippen molar-refractivity contribution >= 4 is 0 Å². The Morgan fingerprint density at radius 3 is 2.75 bits per heavy atom. The van der Waals surface area contributed by atoms with Gasteiger partial charge in [-0.25, -0.2) is 4.39 Å². The Morgan fingerprint density at radius 2 is 2.25 bits per heavy atom. The first-order valence-corrected chi connectivity index (χ1v) is 5.67. The molecule has 0 spiro atoms. The van der Waals surface area contributed by atoms with Crippen LogP contribution in [0.15, 0.2) is 18.2 Å². The van der Waals surface area contributed by atoms with Gasteiger partial charge in [-0.15, -0.1) is 0 Å². The third kappa shape index (κ3) is 2.40. The van der Waals surface area contributed by atoms with Gasteiger partial charge in [0.05, 0.1) is 11.6 Å². The molecule has 0 bridgehead atoms. The summed E-state index contributed by atoms with van der Waals surface area (Å²) in [6.07, 6.45) is 2.46. The van der Waals surface area contributed by atoms with E-state index in [1.165, 1.54) is 18.9 Å². The summed E-state index contributed by atoms with van der Waals surface area (Å²) in [5.74, 6) is -0.266. The summed E-state index contributed by atoms with van der Waals surface area (Å²) in [6.45, 7) is 3.70. The highest BCUT2D eigenvalue weighted by Gasteiger charge is 2.28. The number of nitrogens with zero attached hydrogens (tertiary/aromatic N) is 2. The summed E-state index contributed by atoms with van der Waals surface area (Å²) in [5, 5.41) is 8.65. The minimum atomic E-state index is -0.266. The van der Waals surface area contributed by atoms with Gasteiger partial charge < -0.3 is 0 Å². The first-order chi connectivity index (χ1) is 7.74. The fourth-order valence-electron chi connectivity index (χ4n) is 1.90. The first kappa shape index (κ1) is 11.1. The fraction of sp³-hybridized carbons (Fsp3) is 0.462.